The molecule has 2 aromatic carbocycles. The molecule has 35 heavy (non-hydrogen) atoms. The van der Waals surface area contributed by atoms with Gasteiger partial charge in [0.05, 0.1) is 33.1 Å². The first kappa shape index (κ1) is 23.0. The lowest BCUT2D eigenvalue weighted by molar-refractivity contribution is -0.309. The number of rotatable bonds is 3. The third-order valence-corrected chi connectivity index (χ3v) is 7.52. The molecule has 0 radical (unpaired) electrons. The molecule has 4 aromatic rings. The van der Waals surface area contributed by atoms with E-state index in [1.54, 1.807) is 29.0 Å². The van der Waals surface area contributed by atoms with Crippen LogP contribution in [0.4, 0.5) is 0 Å². The van der Waals surface area contributed by atoms with Crippen LogP contribution in [-0.4, -0.2) is 55.8 Å². The second kappa shape index (κ2) is 8.90. The summed E-state index contributed by atoms with van der Waals surface area (Å²) in [6.45, 7) is 3.99. The molecule has 0 saturated carbocycles. The number of aliphatic hydroxyl groups is 1. The fourth-order valence-corrected chi connectivity index (χ4v) is 5.88. The average molecular weight is 514 g/mol. The van der Waals surface area contributed by atoms with Crippen LogP contribution in [0.3, 0.4) is 0 Å². The highest BCUT2D eigenvalue weighted by Crippen LogP contribution is 2.39. The Balaban J connectivity index is 1.31. The minimum absolute atomic E-state index is 0.270. The van der Waals surface area contributed by atoms with Gasteiger partial charge in [0.2, 0.25) is 0 Å². The van der Waals surface area contributed by atoms with Gasteiger partial charge in [-0.2, -0.15) is 5.10 Å². The van der Waals surface area contributed by atoms with Crippen LogP contribution in [0, 0.1) is 13.8 Å². The van der Waals surface area contributed by atoms with Crippen LogP contribution >= 0.6 is 22.9 Å². The Hall–Kier alpha value is -2.44. The SMILES string of the molecule is Cc1nc(C2OC3COC(c4ccccc4)OC3C(N)C2O)n(-c2cc(Cl)c3nc(C)sc3c2)n1. The molecule has 2 saturated heterocycles. The number of aryl methyl sites for hydroxylation is 2. The molecule has 2 aliphatic heterocycles. The molecule has 0 amide bonds. The number of hydrogen-bond acceptors (Lipinski definition) is 9. The van der Waals surface area contributed by atoms with Gasteiger partial charge in [-0.05, 0) is 26.0 Å². The van der Waals surface area contributed by atoms with E-state index in [4.69, 9.17) is 31.5 Å². The molecule has 6 rings (SSSR count). The summed E-state index contributed by atoms with van der Waals surface area (Å²) in [6, 6.07) is 12.7. The number of aromatic nitrogens is 4. The highest BCUT2D eigenvalue weighted by atomic mass is 35.5. The molecule has 2 aliphatic rings. The van der Waals surface area contributed by atoms with Crippen LogP contribution in [-0.2, 0) is 14.2 Å². The van der Waals surface area contributed by atoms with Crippen molar-refractivity contribution in [2.24, 2.45) is 5.73 Å². The zero-order valence-corrected chi connectivity index (χ0v) is 20.6. The van der Waals surface area contributed by atoms with Gasteiger partial charge in [0.25, 0.3) is 0 Å². The van der Waals surface area contributed by atoms with Crippen LogP contribution in [0.15, 0.2) is 42.5 Å². The lowest BCUT2D eigenvalue weighted by atomic mass is 9.92. The third-order valence-electron chi connectivity index (χ3n) is 6.31. The zero-order valence-electron chi connectivity index (χ0n) is 19.0. The number of fused-ring (bicyclic) bond motifs is 2. The molecule has 0 aliphatic carbocycles. The monoisotopic (exact) mass is 513 g/mol. The van der Waals surface area contributed by atoms with Gasteiger partial charge in [0, 0.05) is 5.56 Å². The van der Waals surface area contributed by atoms with Gasteiger partial charge < -0.3 is 25.1 Å². The van der Waals surface area contributed by atoms with Gasteiger partial charge in [-0.3, -0.25) is 0 Å². The number of hydrogen-bond donors (Lipinski definition) is 2. The fraction of sp³-hybridized carbons (Fsp3) is 0.375. The number of nitrogens with zero attached hydrogens (tertiary/aromatic N) is 4. The summed E-state index contributed by atoms with van der Waals surface area (Å²) in [7, 11) is 0. The summed E-state index contributed by atoms with van der Waals surface area (Å²) in [5.41, 5.74) is 8.84. The minimum atomic E-state index is -1.07. The highest BCUT2D eigenvalue weighted by molar-refractivity contribution is 7.18. The molecule has 9 nitrogen and oxygen atoms in total. The normalized spacial score (nSPS) is 28.8. The second-order valence-corrected chi connectivity index (χ2v) is 10.4. The first-order chi connectivity index (χ1) is 16.9. The smallest absolute Gasteiger partial charge is 0.184 e. The van der Waals surface area contributed by atoms with Crippen molar-refractivity contribution in [2.45, 2.75) is 50.6 Å². The predicted octanol–water partition coefficient (Wildman–Crippen LogP) is 3.39. The predicted molar refractivity (Wildman–Crippen MR) is 131 cm³/mol. The topological polar surface area (TPSA) is 118 Å². The summed E-state index contributed by atoms with van der Waals surface area (Å²) in [6.07, 6.45) is -3.48. The largest absolute Gasteiger partial charge is 0.388 e. The van der Waals surface area contributed by atoms with E-state index < -0.39 is 36.7 Å². The van der Waals surface area contributed by atoms with Crippen molar-refractivity contribution in [3.63, 3.8) is 0 Å². The van der Waals surface area contributed by atoms with Crippen molar-refractivity contribution in [1.29, 1.82) is 0 Å². The van der Waals surface area contributed by atoms with Crippen molar-refractivity contribution < 1.29 is 19.3 Å². The Morgan fingerprint density at radius 2 is 1.94 bits per heavy atom. The van der Waals surface area contributed by atoms with E-state index in [0.29, 0.717) is 22.4 Å². The van der Waals surface area contributed by atoms with Crippen LogP contribution < -0.4 is 5.73 Å². The Labute approximate surface area is 210 Å². The number of aliphatic hydroxyl groups excluding tert-OH is 1. The van der Waals surface area contributed by atoms with Crippen molar-refractivity contribution in [2.75, 3.05) is 6.61 Å². The standard InChI is InChI=1S/C24H24ClN5O4S/c1-11-27-23(30(29-11)14-8-15(25)19-17(9-14)35-12(2)28-19)22-20(31)18(26)21-16(33-22)10-32-24(34-21)13-6-4-3-5-7-13/h3-9,16,18,20-22,24,31H,10,26H2,1-2H3. The van der Waals surface area contributed by atoms with Crippen molar-refractivity contribution >= 4 is 33.2 Å². The van der Waals surface area contributed by atoms with Crippen molar-refractivity contribution in [1.82, 2.24) is 19.7 Å². The molecule has 3 N–H and O–H groups in total. The van der Waals surface area contributed by atoms with E-state index in [-0.39, 0.29) is 6.61 Å². The molecule has 182 valence electrons. The van der Waals surface area contributed by atoms with Crippen LogP contribution in [0.2, 0.25) is 5.02 Å². The van der Waals surface area contributed by atoms with Gasteiger partial charge in [-0.15, -0.1) is 11.3 Å². The quantitative estimate of drug-likeness (QED) is 0.428. The fourth-order valence-electron chi connectivity index (χ4n) is 4.68. The molecule has 6 unspecified atom stereocenters. The van der Waals surface area contributed by atoms with Crippen molar-refractivity contribution in [3.05, 3.63) is 69.7 Å². The Morgan fingerprint density at radius 1 is 1.14 bits per heavy atom. The minimum Gasteiger partial charge on any atom is -0.388 e. The highest BCUT2D eigenvalue weighted by Gasteiger charge is 2.49. The molecular weight excluding hydrogens is 490 g/mol. The molecule has 2 fully saturated rings. The molecule has 4 heterocycles. The summed E-state index contributed by atoms with van der Waals surface area (Å²) < 4.78 is 20.9. The van der Waals surface area contributed by atoms with Gasteiger partial charge in [-0.25, -0.2) is 14.6 Å². The Bertz CT molecular complexity index is 1380. The number of nitrogens with two attached hydrogens (primary N) is 1. The summed E-state index contributed by atoms with van der Waals surface area (Å²) >= 11 is 8.07. The van der Waals surface area contributed by atoms with Crippen molar-refractivity contribution in [3.8, 4) is 5.69 Å². The maximum absolute atomic E-state index is 11.2. The summed E-state index contributed by atoms with van der Waals surface area (Å²) in [5.74, 6) is 0.967. The molecule has 2 aromatic heterocycles. The average Bonchev–Trinajstić information content (AvgIpc) is 3.43. The lowest BCUT2D eigenvalue weighted by Gasteiger charge is -2.46. The lowest BCUT2D eigenvalue weighted by Crippen LogP contribution is -2.62. The van der Waals surface area contributed by atoms with E-state index in [2.05, 4.69) is 15.1 Å². The number of halogens is 1. The van der Waals surface area contributed by atoms with Crippen LogP contribution in [0.5, 0.6) is 0 Å². The molecule has 6 atom stereocenters. The second-order valence-electron chi connectivity index (χ2n) is 8.78. The first-order valence-corrected chi connectivity index (χ1v) is 12.5. The zero-order chi connectivity index (χ0) is 24.3. The van der Waals surface area contributed by atoms with Gasteiger partial charge in [0.15, 0.2) is 12.1 Å². The van der Waals surface area contributed by atoms with Crippen LogP contribution in [0.25, 0.3) is 15.9 Å². The van der Waals surface area contributed by atoms with Gasteiger partial charge in [-0.1, -0.05) is 41.9 Å². The molecule has 0 bridgehead atoms. The van der Waals surface area contributed by atoms with E-state index in [1.165, 1.54) is 0 Å². The maximum Gasteiger partial charge on any atom is 0.184 e. The number of thiazole rings is 1. The third kappa shape index (κ3) is 4.05. The summed E-state index contributed by atoms with van der Waals surface area (Å²) in [4.78, 5) is 9.08. The molecule has 0 spiro atoms. The van der Waals surface area contributed by atoms with E-state index in [0.717, 1.165) is 20.8 Å². The van der Waals surface area contributed by atoms with Gasteiger partial charge in [0.1, 0.15) is 35.8 Å². The molecular formula is C24H24ClN5O4S. The number of benzene rings is 2. The Morgan fingerprint density at radius 3 is 2.74 bits per heavy atom. The first-order valence-electron chi connectivity index (χ1n) is 11.3. The van der Waals surface area contributed by atoms with Gasteiger partial charge >= 0.3 is 0 Å². The number of ether oxygens (including phenoxy) is 3. The maximum atomic E-state index is 11.2. The van der Waals surface area contributed by atoms with Crippen LogP contribution in [0.1, 0.15) is 34.6 Å². The van der Waals surface area contributed by atoms with E-state index in [1.807, 2.05) is 43.3 Å². The van der Waals surface area contributed by atoms with E-state index in [9.17, 15) is 5.11 Å². The molecule has 11 heteroatoms. The van der Waals surface area contributed by atoms with E-state index >= 15 is 0 Å². The summed E-state index contributed by atoms with van der Waals surface area (Å²) in [5, 5.41) is 17.2. The Kier molecular flexibility index (Phi) is 5.84.